The first-order chi connectivity index (χ1) is 9.50. The van der Waals surface area contributed by atoms with Crippen molar-refractivity contribution in [3.05, 3.63) is 61.0 Å². The van der Waals surface area contributed by atoms with E-state index in [2.05, 4.69) is 65.0 Å². The number of halogens is 2. The van der Waals surface area contributed by atoms with E-state index < -0.39 is 23.2 Å². The molecule has 0 saturated heterocycles. The maximum atomic E-state index is 2.41. The number of rotatable bonds is 2. The van der Waals surface area contributed by atoms with Gasteiger partial charge in [-0.3, -0.25) is 0 Å². The second kappa shape index (κ2) is 7.65. The van der Waals surface area contributed by atoms with Gasteiger partial charge in [-0.2, -0.15) is 0 Å². The van der Waals surface area contributed by atoms with Crippen LogP contribution in [0.5, 0.6) is 0 Å². The Kier molecular flexibility index (Phi) is 6.94. The molecule has 1 aromatic carbocycles. The molecule has 0 radical (unpaired) electrons. The van der Waals surface area contributed by atoms with E-state index in [-0.39, 0.29) is 24.8 Å². The third kappa shape index (κ3) is 3.23. The number of hydrogen-bond acceptors (Lipinski definition) is 0. The first kappa shape index (κ1) is 19.9. The van der Waals surface area contributed by atoms with E-state index in [4.69, 9.17) is 0 Å². The van der Waals surface area contributed by atoms with E-state index in [0.717, 1.165) is 3.63 Å². The van der Waals surface area contributed by atoms with E-state index in [9.17, 15) is 0 Å². The summed E-state index contributed by atoms with van der Waals surface area (Å²) >= 11 is -0.608. The molecule has 1 aromatic rings. The van der Waals surface area contributed by atoms with E-state index in [1.807, 2.05) is 3.28 Å². The Labute approximate surface area is 158 Å². The van der Waals surface area contributed by atoms with Crippen LogP contribution in [0.15, 0.2) is 49.8 Å². The van der Waals surface area contributed by atoms with Gasteiger partial charge in [-0.25, -0.2) is 0 Å². The average molecular weight is 413 g/mol. The van der Waals surface area contributed by atoms with Crippen LogP contribution in [0.3, 0.4) is 0 Å². The zero-order valence-corrected chi connectivity index (χ0v) is 17.8. The monoisotopic (exact) mass is 410 g/mol. The zero-order valence-electron chi connectivity index (χ0n) is 13.8. The summed E-state index contributed by atoms with van der Waals surface area (Å²) in [6.45, 7) is 11.7. The van der Waals surface area contributed by atoms with E-state index >= 15 is 0 Å². The van der Waals surface area contributed by atoms with Crippen LogP contribution < -0.4 is 24.8 Å². The number of fused-ring (bicyclic) bond motifs is 1. The van der Waals surface area contributed by atoms with Crippen molar-refractivity contribution >= 4 is 6.08 Å². The second-order valence-corrected chi connectivity index (χ2v) is 9.62. The van der Waals surface area contributed by atoms with Gasteiger partial charge in [-0.1, -0.05) is 0 Å². The summed E-state index contributed by atoms with van der Waals surface area (Å²) in [7, 11) is 0. The van der Waals surface area contributed by atoms with Crippen molar-refractivity contribution in [2.75, 3.05) is 0 Å². The van der Waals surface area contributed by atoms with Crippen molar-refractivity contribution in [3.8, 4) is 0 Å². The minimum Gasteiger partial charge on any atom is -1.00 e. The summed E-state index contributed by atoms with van der Waals surface area (Å²) in [4.78, 5) is 0. The number of allylic oxidation sites excluding steroid dienone is 5. The molecule has 22 heavy (non-hydrogen) atoms. The molecule has 0 spiro atoms. The van der Waals surface area contributed by atoms with Crippen LogP contribution >= 0.6 is 0 Å². The van der Waals surface area contributed by atoms with E-state index in [0.29, 0.717) is 5.92 Å². The molecule has 116 valence electrons. The molecule has 2 unspecified atom stereocenters. The molecule has 2 atom stereocenters. The summed E-state index contributed by atoms with van der Waals surface area (Å²) in [6.07, 6.45) is 2.41. The average Bonchev–Trinajstić information content (AvgIpc) is 2.85. The maximum Gasteiger partial charge on any atom is -1.00 e. The van der Waals surface area contributed by atoms with E-state index in [1.165, 1.54) is 5.56 Å². The minimum atomic E-state index is -0.608. The Hall–Kier alpha value is -0.0969. The Bertz CT molecular complexity index is 668. The summed E-state index contributed by atoms with van der Waals surface area (Å²) < 4.78 is 2.57. The van der Waals surface area contributed by atoms with Gasteiger partial charge >= 0.3 is 134 Å². The molecule has 3 rings (SSSR count). The third-order valence-corrected chi connectivity index (χ3v) is 10.4. The fourth-order valence-electron chi connectivity index (χ4n) is 3.42. The molecule has 0 bridgehead atoms. The molecule has 0 fully saturated rings. The zero-order chi connectivity index (χ0) is 14.4. The molecule has 0 amide bonds. The first-order valence-corrected chi connectivity index (χ1v) is 10.1. The molecule has 0 nitrogen and oxygen atoms in total. The maximum absolute atomic E-state index is 2.41. The van der Waals surface area contributed by atoms with Crippen molar-refractivity contribution in [1.29, 1.82) is 0 Å². The smallest absolute Gasteiger partial charge is 1.00 e. The van der Waals surface area contributed by atoms with Crippen LogP contribution in [0.4, 0.5) is 0 Å². The standard InChI is InChI=1S/C10H9.C9H13.2ClH.Zr/c1-8-6-9-4-2-3-5-10(9)7-8;1-6-5-7(2)9(4)8(6)3;;;/h2-7H,1H3;6H,1-4H3;2*1H;/q;;;;+2/p-2. The topological polar surface area (TPSA) is 0 Å². The van der Waals surface area contributed by atoms with E-state index in [1.54, 1.807) is 27.9 Å². The molecule has 0 aromatic heterocycles. The minimum absolute atomic E-state index is 0. The quantitative estimate of drug-likeness (QED) is 0.614. The summed E-state index contributed by atoms with van der Waals surface area (Å²) in [5.41, 5.74) is 9.41. The normalized spacial score (nSPS) is 22.7. The SMILES string of the molecule is CC1=Cc2ccccc2[CH]1[Zr+2][C]1=C(C)C(C)=C(C)C1C.[Cl-].[Cl-]. The van der Waals surface area contributed by atoms with Crippen LogP contribution in [0.1, 0.15) is 49.4 Å². The third-order valence-electron chi connectivity index (χ3n) is 5.09. The fraction of sp³-hybridized carbons (Fsp3) is 0.368. The Morgan fingerprint density at radius 2 is 1.55 bits per heavy atom. The van der Waals surface area contributed by atoms with Crippen LogP contribution in [0.2, 0.25) is 0 Å². The molecule has 0 saturated carbocycles. The molecule has 2 aliphatic rings. The van der Waals surface area contributed by atoms with Gasteiger partial charge in [0.15, 0.2) is 0 Å². The van der Waals surface area contributed by atoms with Gasteiger partial charge in [0.2, 0.25) is 0 Å². The van der Waals surface area contributed by atoms with Crippen LogP contribution in [-0.4, -0.2) is 0 Å². The molecule has 0 N–H and O–H groups in total. The molecular formula is C19H22Cl2Zr. The largest absolute Gasteiger partial charge is 1.00 e. The summed E-state index contributed by atoms with van der Waals surface area (Å²) in [5.74, 6) is 0.696. The van der Waals surface area contributed by atoms with Gasteiger partial charge in [-0.05, 0) is 0 Å². The Balaban J connectivity index is 0.00000121. The predicted octanol–water partition coefficient (Wildman–Crippen LogP) is -0.505. The van der Waals surface area contributed by atoms with Crippen LogP contribution in [0.25, 0.3) is 6.08 Å². The van der Waals surface area contributed by atoms with Gasteiger partial charge < -0.3 is 24.8 Å². The molecule has 0 aliphatic heterocycles. The number of hydrogen-bond donors (Lipinski definition) is 0. The van der Waals surface area contributed by atoms with Crippen molar-refractivity contribution in [1.82, 2.24) is 0 Å². The Morgan fingerprint density at radius 1 is 0.909 bits per heavy atom. The molecular weight excluding hydrogens is 390 g/mol. The summed E-state index contributed by atoms with van der Waals surface area (Å²) in [5, 5.41) is 0. The van der Waals surface area contributed by atoms with Crippen molar-refractivity contribution in [2.24, 2.45) is 5.92 Å². The van der Waals surface area contributed by atoms with Gasteiger partial charge in [-0.15, -0.1) is 0 Å². The molecule has 2 aliphatic carbocycles. The van der Waals surface area contributed by atoms with Gasteiger partial charge in [0.25, 0.3) is 0 Å². The van der Waals surface area contributed by atoms with Crippen molar-refractivity contribution in [2.45, 2.75) is 38.2 Å². The van der Waals surface area contributed by atoms with Gasteiger partial charge in [0.05, 0.1) is 0 Å². The molecule has 3 heteroatoms. The Morgan fingerprint density at radius 3 is 2.14 bits per heavy atom. The van der Waals surface area contributed by atoms with Crippen molar-refractivity contribution in [3.63, 3.8) is 0 Å². The predicted molar refractivity (Wildman–Crippen MR) is 83.1 cm³/mol. The number of benzene rings is 1. The van der Waals surface area contributed by atoms with Gasteiger partial charge in [0, 0.05) is 0 Å². The fourth-order valence-corrected chi connectivity index (χ4v) is 8.12. The molecule has 0 heterocycles. The first-order valence-electron chi connectivity index (χ1n) is 7.43. The van der Waals surface area contributed by atoms with Crippen LogP contribution in [0, 0.1) is 5.92 Å². The van der Waals surface area contributed by atoms with Crippen LogP contribution in [-0.2, 0) is 23.2 Å². The summed E-state index contributed by atoms with van der Waals surface area (Å²) in [6, 6.07) is 8.98. The van der Waals surface area contributed by atoms with Crippen molar-refractivity contribution < 1.29 is 48.0 Å². The second-order valence-electron chi connectivity index (χ2n) is 6.16. The van der Waals surface area contributed by atoms with Gasteiger partial charge in [0.1, 0.15) is 0 Å².